The average Bonchev–Trinajstić information content (AvgIpc) is 2.60. The van der Waals surface area contributed by atoms with E-state index in [2.05, 4.69) is 40.0 Å². The molecule has 0 radical (unpaired) electrons. The van der Waals surface area contributed by atoms with Crippen LogP contribution in [0.5, 0.6) is 0 Å². The van der Waals surface area contributed by atoms with Crippen LogP contribution in [-0.2, 0) is 6.54 Å². The predicted molar refractivity (Wildman–Crippen MR) is 63.9 cm³/mol. The van der Waals surface area contributed by atoms with E-state index in [4.69, 9.17) is 5.73 Å². The lowest BCUT2D eigenvalue weighted by Gasteiger charge is -2.10. The highest BCUT2D eigenvalue weighted by molar-refractivity contribution is 9.10. The smallest absolute Gasteiger partial charge is 0.127 e. The van der Waals surface area contributed by atoms with Crippen molar-refractivity contribution in [3.8, 4) is 5.69 Å². The second-order valence-electron chi connectivity index (χ2n) is 3.32. The number of aromatic nitrogens is 2. The summed E-state index contributed by atoms with van der Waals surface area (Å²) >= 11 is 3.47. The van der Waals surface area contributed by atoms with Gasteiger partial charge in [-0.15, -0.1) is 0 Å². The van der Waals surface area contributed by atoms with E-state index >= 15 is 0 Å². The predicted octanol–water partition coefficient (Wildman–Crippen LogP) is 2.40. The molecule has 0 aliphatic carbocycles. The van der Waals surface area contributed by atoms with Gasteiger partial charge in [0, 0.05) is 0 Å². The first-order chi connectivity index (χ1) is 7.24. The van der Waals surface area contributed by atoms with Gasteiger partial charge in [0.1, 0.15) is 10.4 Å². The summed E-state index contributed by atoms with van der Waals surface area (Å²) in [5.74, 6) is 0.858. The average molecular weight is 266 g/mol. The third-order valence-corrected chi connectivity index (χ3v) is 2.89. The van der Waals surface area contributed by atoms with Crippen LogP contribution in [0.2, 0.25) is 0 Å². The highest BCUT2D eigenvalue weighted by Crippen LogP contribution is 2.21. The summed E-state index contributed by atoms with van der Waals surface area (Å²) in [7, 11) is 0. The van der Waals surface area contributed by atoms with Crippen LogP contribution < -0.4 is 5.73 Å². The van der Waals surface area contributed by atoms with Gasteiger partial charge >= 0.3 is 0 Å². The van der Waals surface area contributed by atoms with Gasteiger partial charge in [0.25, 0.3) is 0 Å². The molecule has 0 fully saturated rings. The van der Waals surface area contributed by atoms with Crippen molar-refractivity contribution in [3.63, 3.8) is 0 Å². The lowest BCUT2D eigenvalue weighted by atomic mass is 10.2. The van der Waals surface area contributed by atoms with Crippen molar-refractivity contribution >= 4 is 15.9 Å². The molecule has 0 aliphatic heterocycles. The van der Waals surface area contributed by atoms with Crippen molar-refractivity contribution in [3.05, 3.63) is 46.5 Å². The molecule has 1 aromatic heterocycles. The Labute approximate surface area is 97.1 Å². The summed E-state index contributed by atoms with van der Waals surface area (Å²) in [6.45, 7) is 2.50. The number of nitrogens with two attached hydrogens (primary N) is 1. The molecule has 78 valence electrons. The first-order valence-corrected chi connectivity index (χ1v) is 5.51. The Morgan fingerprint density at radius 1 is 1.40 bits per heavy atom. The topological polar surface area (TPSA) is 43.8 Å². The largest absolute Gasteiger partial charge is 0.324 e. The zero-order valence-corrected chi connectivity index (χ0v) is 10.0. The third-order valence-electron chi connectivity index (χ3n) is 2.33. The molecule has 1 aromatic carbocycles. The van der Waals surface area contributed by atoms with Crippen LogP contribution in [0.3, 0.4) is 0 Å². The minimum absolute atomic E-state index is 0.430. The summed E-state index contributed by atoms with van der Waals surface area (Å²) in [4.78, 5) is 4.24. The van der Waals surface area contributed by atoms with E-state index in [0.29, 0.717) is 6.54 Å². The second-order valence-corrected chi connectivity index (χ2v) is 4.14. The van der Waals surface area contributed by atoms with Crippen molar-refractivity contribution < 1.29 is 0 Å². The van der Waals surface area contributed by atoms with Gasteiger partial charge in [-0.25, -0.2) is 4.98 Å². The summed E-state index contributed by atoms with van der Waals surface area (Å²) in [6, 6.07) is 8.16. The number of para-hydroxylation sites is 1. The molecule has 0 bridgehead atoms. The number of rotatable bonds is 2. The van der Waals surface area contributed by atoms with Gasteiger partial charge < -0.3 is 5.73 Å². The quantitative estimate of drug-likeness (QED) is 0.907. The van der Waals surface area contributed by atoms with Crippen molar-refractivity contribution in [1.82, 2.24) is 9.55 Å². The summed E-state index contributed by atoms with van der Waals surface area (Å²) in [5.41, 5.74) is 7.96. The molecule has 15 heavy (non-hydrogen) atoms. The SMILES string of the molecule is Cc1ccccc1-n1c(Br)cnc1CN. The molecule has 2 aromatic rings. The van der Waals surface area contributed by atoms with Crippen LogP contribution in [0.1, 0.15) is 11.4 Å². The fourth-order valence-electron chi connectivity index (χ4n) is 1.58. The van der Waals surface area contributed by atoms with Crippen molar-refractivity contribution in [2.75, 3.05) is 0 Å². The molecule has 1 heterocycles. The Hall–Kier alpha value is -1.13. The molecule has 0 unspecified atom stereocenters. The van der Waals surface area contributed by atoms with E-state index in [1.807, 2.05) is 16.7 Å². The highest BCUT2D eigenvalue weighted by atomic mass is 79.9. The number of hydrogen-bond donors (Lipinski definition) is 1. The standard InChI is InChI=1S/C11H12BrN3/c1-8-4-2-3-5-9(8)15-10(12)7-14-11(15)6-13/h2-5,7H,6,13H2,1H3. The van der Waals surface area contributed by atoms with Gasteiger partial charge in [0.15, 0.2) is 0 Å². The molecule has 0 spiro atoms. The van der Waals surface area contributed by atoms with E-state index < -0.39 is 0 Å². The number of aryl methyl sites for hydroxylation is 1. The Balaban J connectivity index is 2.63. The first-order valence-electron chi connectivity index (χ1n) is 4.72. The Morgan fingerprint density at radius 2 is 2.13 bits per heavy atom. The minimum Gasteiger partial charge on any atom is -0.324 e. The highest BCUT2D eigenvalue weighted by Gasteiger charge is 2.09. The van der Waals surface area contributed by atoms with Gasteiger partial charge in [0.2, 0.25) is 0 Å². The zero-order chi connectivity index (χ0) is 10.8. The Morgan fingerprint density at radius 3 is 2.80 bits per heavy atom. The number of hydrogen-bond acceptors (Lipinski definition) is 2. The molecule has 0 amide bonds. The third kappa shape index (κ3) is 1.82. The van der Waals surface area contributed by atoms with E-state index in [1.165, 1.54) is 5.56 Å². The van der Waals surface area contributed by atoms with Crippen LogP contribution >= 0.6 is 15.9 Å². The van der Waals surface area contributed by atoms with Crippen molar-refractivity contribution in [1.29, 1.82) is 0 Å². The van der Waals surface area contributed by atoms with Crippen LogP contribution in [0.25, 0.3) is 5.69 Å². The minimum atomic E-state index is 0.430. The van der Waals surface area contributed by atoms with Crippen LogP contribution in [0.15, 0.2) is 35.1 Å². The summed E-state index contributed by atoms with van der Waals surface area (Å²) < 4.78 is 2.95. The van der Waals surface area contributed by atoms with Gasteiger partial charge in [-0.05, 0) is 34.5 Å². The van der Waals surface area contributed by atoms with Crippen LogP contribution in [0.4, 0.5) is 0 Å². The maximum atomic E-state index is 5.65. The molecule has 4 heteroatoms. The fraction of sp³-hybridized carbons (Fsp3) is 0.182. The van der Waals surface area contributed by atoms with Gasteiger partial charge in [-0.1, -0.05) is 18.2 Å². The molecular weight excluding hydrogens is 254 g/mol. The first kappa shape index (κ1) is 10.4. The second kappa shape index (κ2) is 4.16. The zero-order valence-electron chi connectivity index (χ0n) is 8.44. The molecular formula is C11H12BrN3. The maximum absolute atomic E-state index is 5.65. The Bertz CT molecular complexity index is 476. The lowest BCUT2D eigenvalue weighted by molar-refractivity contribution is 0.854. The number of nitrogens with zero attached hydrogens (tertiary/aromatic N) is 2. The lowest BCUT2D eigenvalue weighted by Crippen LogP contribution is -2.08. The molecule has 0 saturated heterocycles. The number of halogens is 1. The molecule has 2 rings (SSSR count). The fourth-order valence-corrected chi connectivity index (χ4v) is 2.08. The van der Waals surface area contributed by atoms with Crippen LogP contribution in [0, 0.1) is 6.92 Å². The van der Waals surface area contributed by atoms with Crippen LogP contribution in [-0.4, -0.2) is 9.55 Å². The van der Waals surface area contributed by atoms with Gasteiger partial charge in [-0.3, -0.25) is 4.57 Å². The van der Waals surface area contributed by atoms with E-state index in [1.54, 1.807) is 6.20 Å². The Kier molecular flexibility index (Phi) is 2.88. The summed E-state index contributed by atoms with van der Waals surface area (Å²) in [5, 5.41) is 0. The van der Waals surface area contributed by atoms with Gasteiger partial charge in [-0.2, -0.15) is 0 Å². The molecule has 3 nitrogen and oxygen atoms in total. The monoisotopic (exact) mass is 265 g/mol. The van der Waals surface area contributed by atoms with Gasteiger partial charge in [0.05, 0.1) is 18.4 Å². The normalized spacial score (nSPS) is 10.6. The van der Waals surface area contributed by atoms with E-state index in [0.717, 1.165) is 16.1 Å². The van der Waals surface area contributed by atoms with E-state index in [9.17, 15) is 0 Å². The van der Waals surface area contributed by atoms with Crippen molar-refractivity contribution in [2.45, 2.75) is 13.5 Å². The number of imidazole rings is 1. The molecule has 0 atom stereocenters. The van der Waals surface area contributed by atoms with E-state index in [-0.39, 0.29) is 0 Å². The summed E-state index contributed by atoms with van der Waals surface area (Å²) in [6.07, 6.45) is 1.77. The maximum Gasteiger partial charge on any atom is 0.127 e. The number of benzene rings is 1. The van der Waals surface area contributed by atoms with Crippen molar-refractivity contribution in [2.24, 2.45) is 5.73 Å². The molecule has 2 N–H and O–H groups in total. The molecule has 0 aliphatic rings. The molecule has 0 saturated carbocycles.